The van der Waals surface area contributed by atoms with Gasteiger partial charge in [-0.05, 0) is 55.0 Å². The molecule has 1 nitrogen and oxygen atoms in total. The van der Waals surface area contributed by atoms with Crippen molar-refractivity contribution in [1.82, 2.24) is 0 Å². The second-order valence-electron chi connectivity index (χ2n) is 4.80. The lowest BCUT2D eigenvalue weighted by Crippen LogP contribution is -2.13. The average Bonchev–Trinajstić information content (AvgIpc) is 2.63. The molecule has 14 heavy (non-hydrogen) atoms. The Labute approximate surface area is 88.8 Å². The van der Waals surface area contributed by atoms with Crippen molar-refractivity contribution in [2.45, 2.75) is 38.7 Å². The third kappa shape index (κ3) is 0.887. The van der Waals surface area contributed by atoms with E-state index in [1.54, 1.807) is 11.3 Å². The molecule has 1 aromatic rings. The van der Waals surface area contributed by atoms with Crippen LogP contribution in [0.4, 0.5) is 0 Å². The number of hydrogen-bond donors (Lipinski definition) is 1. The third-order valence-electron chi connectivity index (χ3n) is 4.25. The Morgan fingerprint density at radius 3 is 2.50 bits per heavy atom. The van der Waals surface area contributed by atoms with Crippen molar-refractivity contribution >= 4 is 11.3 Å². The van der Waals surface area contributed by atoms with E-state index in [4.69, 9.17) is 0 Å². The highest BCUT2D eigenvalue weighted by Crippen LogP contribution is 2.67. The number of fused-ring (bicyclic) bond motifs is 1. The molecule has 0 radical (unpaired) electrons. The highest BCUT2D eigenvalue weighted by atomic mass is 32.1. The smallest absolute Gasteiger partial charge is 0.0970 e. The molecule has 3 rings (SSSR count). The summed E-state index contributed by atoms with van der Waals surface area (Å²) in [5.41, 5.74) is 2.13. The van der Waals surface area contributed by atoms with Crippen LogP contribution in [-0.4, -0.2) is 5.11 Å². The van der Waals surface area contributed by atoms with E-state index in [0.717, 1.165) is 0 Å². The first kappa shape index (κ1) is 8.93. The summed E-state index contributed by atoms with van der Waals surface area (Å²) < 4.78 is 0. The zero-order valence-corrected chi connectivity index (χ0v) is 9.53. The van der Waals surface area contributed by atoms with Crippen LogP contribution in [0.5, 0.6) is 0 Å². The van der Waals surface area contributed by atoms with Gasteiger partial charge in [0.05, 0.1) is 5.60 Å². The summed E-state index contributed by atoms with van der Waals surface area (Å²) in [7, 11) is 0. The monoisotopic (exact) mass is 208 g/mol. The van der Waals surface area contributed by atoms with Gasteiger partial charge in [-0.1, -0.05) is 6.42 Å². The van der Waals surface area contributed by atoms with Gasteiger partial charge in [0.1, 0.15) is 0 Å². The van der Waals surface area contributed by atoms with Crippen LogP contribution >= 0.6 is 11.3 Å². The van der Waals surface area contributed by atoms with Crippen LogP contribution in [0.1, 0.15) is 35.3 Å². The van der Waals surface area contributed by atoms with Gasteiger partial charge >= 0.3 is 0 Å². The summed E-state index contributed by atoms with van der Waals surface area (Å²) in [6.07, 6.45) is 3.78. The molecule has 0 spiro atoms. The standard InChI is InChI=1S/C12H16OS/c1-7-8(2)14-6-11(7)12(13)9-4-3-5-10(9)12/h6,9-10,13H,3-5H2,1-2H3. The zero-order chi connectivity index (χ0) is 9.92. The Hall–Kier alpha value is -0.340. The number of hydrogen-bond acceptors (Lipinski definition) is 2. The summed E-state index contributed by atoms with van der Waals surface area (Å²) in [5, 5.41) is 12.8. The van der Waals surface area contributed by atoms with Crippen molar-refractivity contribution in [3.05, 3.63) is 21.4 Å². The van der Waals surface area contributed by atoms with Crippen molar-refractivity contribution in [2.75, 3.05) is 0 Å². The average molecular weight is 208 g/mol. The molecule has 0 amide bonds. The number of aryl methyl sites for hydroxylation is 1. The van der Waals surface area contributed by atoms with Gasteiger partial charge in [-0.2, -0.15) is 0 Å². The quantitative estimate of drug-likeness (QED) is 0.752. The first-order valence-corrected chi connectivity index (χ1v) is 6.31. The van der Waals surface area contributed by atoms with Gasteiger partial charge < -0.3 is 5.11 Å². The summed E-state index contributed by atoms with van der Waals surface area (Å²) in [6, 6.07) is 0. The van der Waals surface area contributed by atoms with Crippen LogP contribution in [0.2, 0.25) is 0 Å². The summed E-state index contributed by atoms with van der Waals surface area (Å²) >= 11 is 1.78. The Bertz CT molecular complexity index is 370. The van der Waals surface area contributed by atoms with Crippen molar-refractivity contribution in [2.24, 2.45) is 11.8 Å². The topological polar surface area (TPSA) is 20.2 Å². The van der Waals surface area contributed by atoms with E-state index in [0.29, 0.717) is 11.8 Å². The van der Waals surface area contributed by atoms with E-state index in [2.05, 4.69) is 19.2 Å². The Balaban J connectivity index is 2.01. The predicted molar refractivity (Wildman–Crippen MR) is 58.5 cm³/mol. The molecule has 2 aliphatic rings. The summed E-state index contributed by atoms with van der Waals surface area (Å²) in [6.45, 7) is 4.29. The maximum absolute atomic E-state index is 10.6. The van der Waals surface area contributed by atoms with Crippen LogP contribution in [0.3, 0.4) is 0 Å². The maximum atomic E-state index is 10.6. The second kappa shape index (κ2) is 2.61. The Kier molecular flexibility index (Phi) is 1.67. The number of rotatable bonds is 1. The largest absolute Gasteiger partial charge is 0.385 e. The van der Waals surface area contributed by atoms with E-state index in [9.17, 15) is 5.11 Å². The fraction of sp³-hybridized carbons (Fsp3) is 0.667. The van der Waals surface area contributed by atoms with Gasteiger partial charge in [0, 0.05) is 4.88 Å². The molecule has 2 heteroatoms. The normalized spacial score (nSPS) is 39.9. The van der Waals surface area contributed by atoms with Gasteiger partial charge in [0.25, 0.3) is 0 Å². The minimum absolute atomic E-state index is 0.424. The van der Waals surface area contributed by atoms with Crippen LogP contribution in [0.25, 0.3) is 0 Å². The first-order chi connectivity index (χ1) is 6.65. The van der Waals surface area contributed by atoms with Gasteiger partial charge in [0.2, 0.25) is 0 Å². The van der Waals surface area contributed by atoms with E-state index < -0.39 is 5.60 Å². The first-order valence-electron chi connectivity index (χ1n) is 5.43. The summed E-state index contributed by atoms with van der Waals surface area (Å²) in [4.78, 5) is 1.36. The molecule has 0 saturated heterocycles. The molecule has 2 atom stereocenters. The van der Waals surface area contributed by atoms with Crippen molar-refractivity contribution in [1.29, 1.82) is 0 Å². The molecule has 1 heterocycles. The minimum atomic E-state index is -0.424. The molecule has 1 aromatic heterocycles. The van der Waals surface area contributed by atoms with Crippen molar-refractivity contribution in [3.8, 4) is 0 Å². The second-order valence-corrected chi connectivity index (χ2v) is 5.88. The fourth-order valence-corrected chi connectivity index (χ4v) is 4.18. The van der Waals surface area contributed by atoms with Crippen molar-refractivity contribution in [3.63, 3.8) is 0 Å². The predicted octanol–water partition coefficient (Wildman–Crippen LogP) is 2.98. The minimum Gasteiger partial charge on any atom is -0.385 e. The SMILES string of the molecule is Cc1scc(C2(O)C3CCCC32)c1C. The maximum Gasteiger partial charge on any atom is 0.0970 e. The Morgan fingerprint density at radius 2 is 2.00 bits per heavy atom. The zero-order valence-electron chi connectivity index (χ0n) is 8.71. The van der Waals surface area contributed by atoms with E-state index >= 15 is 0 Å². The van der Waals surface area contributed by atoms with Crippen LogP contribution in [0, 0.1) is 25.7 Å². The lowest BCUT2D eigenvalue weighted by molar-refractivity contribution is 0.105. The summed E-state index contributed by atoms with van der Waals surface area (Å²) in [5.74, 6) is 1.16. The third-order valence-corrected chi connectivity index (χ3v) is 5.27. The highest BCUT2D eigenvalue weighted by molar-refractivity contribution is 7.10. The van der Waals surface area contributed by atoms with Gasteiger partial charge in [0.15, 0.2) is 0 Å². The lowest BCUT2D eigenvalue weighted by atomic mass is 9.98. The molecule has 2 fully saturated rings. The molecule has 0 bridgehead atoms. The number of aliphatic hydroxyl groups is 1. The highest BCUT2D eigenvalue weighted by Gasteiger charge is 2.66. The molecule has 1 N–H and O–H groups in total. The molecule has 2 saturated carbocycles. The number of thiophene rings is 1. The van der Waals surface area contributed by atoms with E-state index in [1.807, 2.05) is 0 Å². The van der Waals surface area contributed by atoms with E-state index in [-0.39, 0.29) is 0 Å². The Morgan fingerprint density at radius 1 is 1.36 bits per heavy atom. The molecule has 2 aliphatic carbocycles. The lowest BCUT2D eigenvalue weighted by Gasteiger charge is -2.14. The molecular weight excluding hydrogens is 192 g/mol. The van der Waals surface area contributed by atoms with Gasteiger partial charge in [-0.15, -0.1) is 11.3 Å². The molecule has 0 aliphatic heterocycles. The molecule has 76 valence electrons. The van der Waals surface area contributed by atoms with Crippen LogP contribution in [-0.2, 0) is 5.60 Å². The van der Waals surface area contributed by atoms with Crippen LogP contribution in [0.15, 0.2) is 5.38 Å². The van der Waals surface area contributed by atoms with Gasteiger partial charge in [-0.3, -0.25) is 0 Å². The fourth-order valence-electron chi connectivity index (χ4n) is 3.23. The van der Waals surface area contributed by atoms with E-state index in [1.165, 1.54) is 35.3 Å². The molecule has 0 aromatic carbocycles. The molecular formula is C12H16OS. The van der Waals surface area contributed by atoms with Gasteiger partial charge in [-0.25, -0.2) is 0 Å². The molecule has 2 unspecified atom stereocenters. The van der Waals surface area contributed by atoms with Crippen LogP contribution < -0.4 is 0 Å². The van der Waals surface area contributed by atoms with Crippen molar-refractivity contribution < 1.29 is 5.11 Å².